The molecule has 3 nitrogen and oxygen atoms in total. The van der Waals surface area contributed by atoms with Crippen LogP contribution in [0.3, 0.4) is 0 Å². The van der Waals surface area contributed by atoms with Gasteiger partial charge in [-0.2, -0.15) is 0 Å². The molecule has 0 radical (unpaired) electrons. The van der Waals surface area contributed by atoms with Crippen LogP contribution in [0.1, 0.15) is 24.8 Å². The molecular formula is C13H18Cl2N2O. The maximum Gasteiger partial charge on any atom is 0.239 e. The van der Waals surface area contributed by atoms with Crippen LogP contribution in [-0.2, 0) is 4.79 Å². The number of halogens is 2. The first-order valence-corrected chi connectivity index (χ1v) is 6.25. The molecule has 100 valence electrons. The molecule has 0 bridgehead atoms. The highest BCUT2D eigenvalue weighted by Crippen LogP contribution is 2.28. The van der Waals surface area contributed by atoms with Crippen LogP contribution in [0.5, 0.6) is 0 Å². The van der Waals surface area contributed by atoms with Crippen LogP contribution in [0.2, 0.25) is 5.02 Å². The van der Waals surface area contributed by atoms with E-state index in [4.69, 9.17) is 17.3 Å². The third-order valence-corrected chi connectivity index (χ3v) is 3.48. The maximum atomic E-state index is 11.8. The number of rotatable bonds is 2. The average molecular weight is 289 g/mol. The summed E-state index contributed by atoms with van der Waals surface area (Å²) in [4.78, 5) is 13.6. The summed E-state index contributed by atoms with van der Waals surface area (Å²) < 4.78 is 0. The average Bonchev–Trinajstić information content (AvgIpc) is 2.78. The summed E-state index contributed by atoms with van der Waals surface area (Å²) in [6.07, 6.45) is 1.00. The Morgan fingerprint density at radius 3 is 2.61 bits per heavy atom. The highest BCUT2D eigenvalue weighted by atomic mass is 35.5. The van der Waals surface area contributed by atoms with E-state index in [0.717, 1.165) is 24.5 Å². The monoisotopic (exact) mass is 288 g/mol. The van der Waals surface area contributed by atoms with E-state index in [0.29, 0.717) is 5.92 Å². The van der Waals surface area contributed by atoms with Gasteiger partial charge in [0, 0.05) is 24.0 Å². The van der Waals surface area contributed by atoms with Gasteiger partial charge in [0.1, 0.15) is 0 Å². The van der Waals surface area contributed by atoms with Crippen molar-refractivity contribution in [2.24, 2.45) is 5.73 Å². The summed E-state index contributed by atoms with van der Waals surface area (Å²) in [5, 5.41) is 0.746. The van der Waals surface area contributed by atoms with Gasteiger partial charge in [-0.1, -0.05) is 23.7 Å². The van der Waals surface area contributed by atoms with Gasteiger partial charge >= 0.3 is 0 Å². The number of hydrogen-bond donors (Lipinski definition) is 1. The van der Waals surface area contributed by atoms with E-state index in [9.17, 15) is 4.79 Å². The van der Waals surface area contributed by atoms with Gasteiger partial charge in [0.05, 0.1) is 6.04 Å². The van der Waals surface area contributed by atoms with Crippen molar-refractivity contribution in [1.29, 1.82) is 0 Å². The second-order valence-electron chi connectivity index (χ2n) is 4.61. The molecule has 1 aromatic rings. The number of carbonyl (C=O) groups excluding carboxylic acids is 1. The molecule has 2 atom stereocenters. The fraction of sp³-hybridized carbons (Fsp3) is 0.462. The molecule has 2 N–H and O–H groups in total. The molecule has 1 amide bonds. The Balaban J connectivity index is 0.00000162. The zero-order valence-electron chi connectivity index (χ0n) is 10.3. The lowest BCUT2D eigenvalue weighted by Gasteiger charge is -2.18. The Morgan fingerprint density at radius 1 is 1.44 bits per heavy atom. The number of benzene rings is 1. The van der Waals surface area contributed by atoms with Gasteiger partial charge in [-0.15, -0.1) is 12.4 Å². The first-order valence-electron chi connectivity index (χ1n) is 5.88. The lowest BCUT2D eigenvalue weighted by molar-refractivity contribution is -0.131. The molecule has 1 saturated heterocycles. The summed E-state index contributed by atoms with van der Waals surface area (Å²) in [6, 6.07) is 7.46. The fourth-order valence-electron chi connectivity index (χ4n) is 2.26. The van der Waals surface area contributed by atoms with Gasteiger partial charge in [0.2, 0.25) is 5.91 Å². The summed E-state index contributed by atoms with van der Waals surface area (Å²) in [6.45, 7) is 3.30. The molecular weight excluding hydrogens is 271 g/mol. The molecule has 5 heteroatoms. The predicted octanol–water partition coefficient (Wildman–Crippen LogP) is 2.42. The SMILES string of the molecule is C[C@@H](N)C(=O)N1CCC(c2ccc(Cl)cc2)C1.Cl. The first-order chi connectivity index (χ1) is 8.08. The van der Waals surface area contributed by atoms with E-state index in [-0.39, 0.29) is 18.3 Å². The molecule has 0 spiro atoms. The Labute approximate surface area is 119 Å². The van der Waals surface area contributed by atoms with Gasteiger partial charge in [-0.25, -0.2) is 0 Å². The lowest BCUT2D eigenvalue weighted by Crippen LogP contribution is -2.40. The molecule has 1 aromatic carbocycles. The van der Waals surface area contributed by atoms with Crippen molar-refractivity contribution in [2.45, 2.75) is 25.3 Å². The zero-order chi connectivity index (χ0) is 12.4. The molecule has 0 aliphatic carbocycles. The Bertz CT molecular complexity index is 406. The molecule has 2 rings (SSSR count). The van der Waals surface area contributed by atoms with E-state index < -0.39 is 6.04 Å². The molecule has 0 aromatic heterocycles. The van der Waals surface area contributed by atoms with Crippen molar-refractivity contribution < 1.29 is 4.79 Å². The number of nitrogens with zero attached hydrogens (tertiary/aromatic N) is 1. The molecule has 18 heavy (non-hydrogen) atoms. The summed E-state index contributed by atoms with van der Waals surface area (Å²) in [7, 11) is 0. The quantitative estimate of drug-likeness (QED) is 0.909. The van der Waals surface area contributed by atoms with Crippen molar-refractivity contribution >= 4 is 29.9 Å². The minimum atomic E-state index is -0.404. The van der Waals surface area contributed by atoms with E-state index in [1.807, 2.05) is 29.2 Å². The highest BCUT2D eigenvalue weighted by Gasteiger charge is 2.28. The summed E-state index contributed by atoms with van der Waals surface area (Å²) in [5.74, 6) is 0.455. The smallest absolute Gasteiger partial charge is 0.239 e. The fourth-order valence-corrected chi connectivity index (χ4v) is 2.38. The van der Waals surface area contributed by atoms with Crippen LogP contribution in [0.25, 0.3) is 0 Å². The maximum absolute atomic E-state index is 11.8. The summed E-state index contributed by atoms with van der Waals surface area (Å²) in [5.41, 5.74) is 6.86. The minimum Gasteiger partial charge on any atom is -0.341 e. The van der Waals surface area contributed by atoms with Gasteiger partial charge in [0.15, 0.2) is 0 Å². The van der Waals surface area contributed by atoms with Crippen molar-refractivity contribution in [3.8, 4) is 0 Å². The second kappa shape index (κ2) is 6.41. The highest BCUT2D eigenvalue weighted by molar-refractivity contribution is 6.30. The van der Waals surface area contributed by atoms with Crippen LogP contribution in [-0.4, -0.2) is 29.9 Å². The summed E-state index contributed by atoms with van der Waals surface area (Å²) >= 11 is 5.86. The number of nitrogens with two attached hydrogens (primary N) is 1. The minimum absolute atomic E-state index is 0. The number of hydrogen-bond acceptors (Lipinski definition) is 2. The molecule has 1 fully saturated rings. The van der Waals surface area contributed by atoms with Crippen molar-refractivity contribution in [3.05, 3.63) is 34.9 Å². The Kier molecular flexibility index (Phi) is 5.45. The van der Waals surface area contributed by atoms with Crippen LogP contribution in [0, 0.1) is 0 Å². The Morgan fingerprint density at radius 2 is 2.06 bits per heavy atom. The molecule has 0 saturated carbocycles. The van der Waals surface area contributed by atoms with Gasteiger partial charge in [0.25, 0.3) is 0 Å². The van der Waals surface area contributed by atoms with E-state index >= 15 is 0 Å². The van der Waals surface area contributed by atoms with Crippen LogP contribution in [0.4, 0.5) is 0 Å². The van der Waals surface area contributed by atoms with E-state index in [1.165, 1.54) is 5.56 Å². The number of likely N-dealkylation sites (tertiary alicyclic amines) is 1. The lowest BCUT2D eigenvalue weighted by atomic mass is 9.99. The number of amides is 1. The molecule has 1 unspecified atom stereocenters. The third-order valence-electron chi connectivity index (χ3n) is 3.23. The van der Waals surface area contributed by atoms with Crippen molar-refractivity contribution in [2.75, 3.05) is 13.1 Å². The van der Waals surface area contributed by atoms with Crippen LogP contribution in [0.15, 0.2) is 24.3 Å². The normalized spacial score (nSPS) is 20.4. The van der Waals surface area contributed by atoms with Crippen molar-refractivity contribution in [3.63, 3.8) is 0 Å². The predicted molar refractivity (Wildman–Crippen MR) is 76.3 cm³/mol. The van der Waals surface area contributed by atoms with Crippen LogP contribution >= 0.6 is 24.0 Å². The van der Waals surface area contributed by atoms with E-state index in [1.54, 1.807) is 6.92 Å². The van der Waals surface area contributed by atoms with Gasteiger partial charge in [-0.3, -0.25) is 4.79 Å². The first kappa shape index (κ1) is 15.3. The number of carbonyl (C=O) groups is 1. The standard InChI is InChI=1S/C13H17ClN2O.ClH/c1-9(15)13(17)16-7-6-11(8-16)10-2-4-12(14)5-3-10;/h2-5,9,11H,6-8,15H2,1H3;1H/t9-,11?;/m1./s1. The molecule has 1 aliphatic rings. The van der Waals surface area contributed by atoms with Gasteiger partial charge in [-0.05, 0) is 31.0 Å². The topological polar surface area (TPSA) is 46.3 Å². The molecule has 1 aliphatic heterocycles. The van der Waals surface area contributed by atoms with Crippen molar-refractivity contribution in [1.82, 2.24) is 4.90 Å². The van der Waals surface area contributed by atoms with Gasteiger partial charge < -0.3 is 10.6 Å². The van der Waals surface area contributed by atoms with Crippen LogP contribution < -0.4 is 5.73 Å². The zero-order valence-corrected chi connectivity index (χ0v) is 11.9. The third kappa shape index (κ3) is 3.37. The van der Waals surface area contributed by atoms with E-state index in [2.05, 4.69) is 0 Å². The second-order valence-corrected chi connectivity index (χ2v) is 5.05. The molecule has 1 heterocycles. The largest absolute Gasteiger partial charge is 0.341 e. The Hall–Kier alpha value is -0.770.